The normalized spacial score (nSPS) is 20.0. The van der Waals surface area contributed by atoms with Gasteiger partial charge >= 0.3 is 0 Å². The van der Waals surface area contributed by atoms with Crippen LogP contribution in [0.4, 0.5) is 0 Å². The Labute approximate surface area is 95.4 Å². The van der Waals surface area contributed by atoms with Crippen molar-refractivity contribution in [1.82, 2.24) is 10.2 Å². The molecule has 1 aliphatic carbocycles. The second-order valence-electron chi connectivity index (χ2n) is 4.88. The van der Waals surface area contributed by atoms with Gasteiger partial charge in [0.25, 0.3) is 0 Å². The summed E-state index contributed by atoms with van der Waals surface area (Å²) >= 11 is 0. The van der Waals surface area contributed by atoms with Crippen LogP contribution in [0.15, 0.2) is 0 Å². The summed E-state index contributed by atoms with van der Waals surface area (Å²) in [5.74, 6) is 0.967. The lowest BCUT2D eigenvalue weighted by molar-refractivity contribution is 0.223. The fraction of sp³-hybridized carbons (Fsp3) is 1.00. The van der Waals surface area contributed by atoms with E-state index in [0.717, 1.165) is 12.5 Å². The SMILES string of the molecule is CCN(CC)C(C)CNCC1CCCC1. The Morgan fingerprint density at radius 2 is 1.80 bits per heavy atom. The Hall–Kier alpha value is -0.0800. The van der Waals surface area contributed by atoms with Crippen LogP contribution in [-0.2, 0) is 0 Å². The van der Waals surface area contributed by atoms with Gasteiger partial charge in [0.15, 0.2) is 0 Å². The van der Waals surface area contributed by atoms with Gasteiger partial charge in [-0.2, -0.15) is 0 Å². The maximum absolute atomic E-state index is 3.63. The molecule has 0 amide bonds. The van der Waals surface area contributed by atoms with Crippen molar-refractivity contribution in [3.05, 3.63) is 0 Å². The van der Waals surface area contributed by atoms with Crippen LogP contribution >= 0.6 is 0 Å². The minimum absolute atomic E-state index is 0.682. The van der Waals surface area contributed by atoms with Crippen LogP contribution in [0.2, 0.25) is 0 Å². The Morgan fingerprint density at radius 3 is 2.33 bits per heavy atom. The molecule has 0 aliphatic heterocycles. The molecule has 90 valence electrons. The average molecular weight is 212 g/mol. The molecule has 1 saturated carbocycles. The van der Waals surface area contributed by atoms with Crippen molar-refractivity contribution in [2.75, 3.05) is 26.2 Å². The third-order valence-corrected chi connectivity index (χ3v) is 3.78. The zero-order valence-corrected chi connectivity index (χ0v) is 10.8. The molecule has 0 saturated heterocycles. The van der Waals surface area contributed by atoms with E-state index in [-0.39, 0.29) is 0 Å². The zero-order chi connectivity index (χ0) is 11.1. The van der Waals surface area contributed by atoms with Gasteiger partial charge in [0.1, 0.15) is 0 Å². The summed E-state index contributed by atoms with van der Waals surface area (Å²) in [6.07, 6.45) is 5.81. The van der Waals surface area contributed by atoms with Crippen molar-refractivity contribution in [1.29, 1.82) is 0 Å². The lowest BCUT2D eigenvalue weighted by Crippen LogP contribution is -2.41. The van der Waals surface area contributed by atoms with Crippen LogP contribution in [0.1, 0.15) is 46.5 Å². The summed E-state index contributed by atoms with van der Waals surface area (Å²) in [5.41, 5.74) is 0. The largest absolute Gasteiger partial charge is 0.315 e. The van der Waals surface area contributed by atoms with E-state index in [1.165, 1.54) is 45.3 Å². The smallest absolute Gasteiger partial charge is 0.0192 e. The zero-order valence-electron chi connectivity index (χ0n) is 10.8. The maximum Gasteiger partial charge on any atom is 0.0192 e. The van der Waals surface area contributed by atoms with E-state index < -0.39 is 0 Å². The first-order valence-electron chi connectivity index (χ1n) is 6.72. The van der Waals surface area contributed by atoms with Gasteiger partial charge in [-0.05, 0) is 45.3 Å². The van der Waals surface area contributed by atoms with E-state index in [4.69, 9.17) is 0 Å². The minimum atomic E-state index is 0.682. The summed E-state index contributed by atoms with van der Waals surface area (Å²) in [6, 6.07) is 0.682. The highest BCUT2D eigenvalue weighted by atomic mass is 15.2. The molecule has 0 aromatic carbocycles. The standard InChI is InChI=1S/C13H28N2/c1-4-15(5-2)12(3)10-14-11-13-8-6-7-9-13/h12-14H,4-11H2,1-3H3. The van der Waals surface area contributed by atoms with Crippen molar-refractivity contribution in [2.24, 2.45) is 5.92 Å². The first-order valence-corrected chi connectivity index (χ1v) is 6.72. The second-order valence-corrected chi connectivity index (χ2v) is 4.88. The van der Waals surface area contributed by atoms with Gasteiger partial charge in [-0.25, -0.2) is 0 Å². The highest BCUT2D eigenvalue weighted by Gasteiger charge is 2.15. The first-order chi connectivity index (χ1) is 7.27. The molecule has 1 unspecified atom stereocenters. The molecule has 15 heavy (non-hydrogen) atoms. The molecule has 1 atom stereocenters. The summed E-state index contributed by atoms with van der Waals surface area (Å²) in [7, 11) is 0. The van der Waals surface area contributed by atoms with Crippen molar-refractivity contribution < 1.29 is 0 Å². The molecular weight excluding hydrogens is 184 g/mol. The fourth-order valence-electron chi connectivity index (χ4n) is 2.69. The van der Waals surface area contributed by atoms with Crippen LogP contribution < -0.4 is 5.32 Å². The van der Waals surface area contributed by atoms with E-state index in [1.807, 2.05) is 0 Å². The van der Waals surface area contributed by atoms with Crippen LogP contribution in [0, 0.1) is 5.92 Å². The summed E-state index contributed by atoms with van der Waals surface area (Å²) in [5, 5.41) is 3.63. The third-order valence-electron chi connectivity index (χ3n) is 3.78. The predicted molar refractivity (Wildman–Crippen MR) is 67.2 cm³/mol. The molecule has 1 fully saturated rings. The predicted octanol–water partition coefficient (Wildman–Crippen LogP) is 2.50. The van der Waals surface area contributed by atoms with Crippen LogP contribution in [-0.4, -0.2) is 37.1 Å². The molecule has 0 aromatic rings. The highest BCUT2D eigenvalue weighted by molar-refractivity contribution is 4.72. The van der Waals surface area contributed by atoms with Gasteiger partial charge in [0, 0.05) is 12.6 Å². The molecule has 1 rings (SSSR count). The molecule has 2 nitrogen and oxygen atoms in total. The topological polar surface area (TPSA) is 15.3 Å². The molecule has 0 bridgehead atoms. The van der Waals surface area contributed by atoms with Crippen molar-refractivity contribution in [3.63, 3.8) is 0 Å². The average Bonchev–Trinajstić information content (AvgIpc) is 2.72. The minimum Gasteiger partial charge on any atom is -0.315 e. The lowest BCUT2D eigenvalue weighted by Gasteiger charge is -2.27. The number of rotatable bonds is 7. The lowest BCUT2D eigenvalue weighted by atomic mass is 10.1. The molecule has 0 radical (unpaired) electrons. The number of nitrogens with zero attached hydrogens (tertiary/aromatic N) is 1. The van der Waals surface area contributed by atoms with E-state index in [0.29, 0.717) is 6.04 Å². The fourth-order valence-corrected chi connectivity index (χ4v) is 2.69. The molecule has 0 heterocycles. The third kappa shape index (κ3) is 4.52. The number of nitrogens with one attached hydrogen (secondary N) is 1. The van der Waals surface area contributed by atoms with Gasteiger partial charge in [-0.1, -0.05) is 26.7 Å². The summed E-state index contributed by atoms with van der Waals surface area (Å²) in [4.78, 5) is 2.52. The Kier molecular flexibility index (Phi) is 6.26. The molecule has 0 spiro atoms. The van der Waals surface area contributed by atoms with Gasteiger partial charge in [0.2, 0.25) is 0 Å². The molecule has 1 N–H and O–H groups in total. The van der Waals surface area contributed by atoms with Gasteiger partial charge in [-0.15, -0.1) is 0 Å². The van der Waals surface area contributed by atoms with E-state index in [1.54, 1.807) is 0 Å². The van der Waals surface area contributed by atoms with Crippen molar-refractivity contribution in [3.8, 4) is 0 Å². The van der Waals surface area contributed by atoms with Crippen molar-refractivity contribution in [2.45, 2.75) is 52.5 Å². The maximum atomic E-state index is 3.63. The number of hydrogen-bond donors (Lipinski definition) is 1. The van der Waals surface area contributed by atoms with E-state index >= 15 is 0 Å². The molecule has 2 heteroatoms. The monoisotopic (exact) mass is 212 g/mol. The van der Waals surface area contributed by atoms with Crippen LogP contribution in [0.3, 0.4) is 0 Å². The van der Waals surface area contributed by atoms with Crippen LogP contribution in [0.5, 0.6) is 0 Å². The first kappa shape index (κ1) is 13.0. The van der Waals surface area contributed by atoms with Crippen LogP contribution in [0.25, 0.3) is 0 Å². The summed E-state index contributed by atoms with van der Waals surface area (Å²) < 4.78 is 0. The Morgan fingerprint density at radius 1 is 1.20 bits per heavy atom. The molecule has 1 aliphatic rings. The number of hydrogen-bond acceptors (Lipinski definition) is 2. The Bertz CT molecular complexity index is 149. The molecule has 0 aromatic heterocycles. The number of likely N-dealkylation sites (N-methyl/N-ethyl adjacent to an activating group) is 1. The highest BCUT2D eigenvalue weighted by Crippen LogP contribution is 2.23. The van der Waals surface area contributed by atoms with E-state index in [2.05, 4.69) is 31.0 Å². The van der Waals surface area contributed by atoms with Gasteiger partial charge in [0.05, 0.1) is 0 Å². The van der Waals surface area contributed by atoms with Gasteiger partial charge in [-0.3, -0.25) is 4.90 Å². The summed E-state index contributed by atoms with van der Waals surface area (Å²) in [6.45, 7) is 11.6. The van der Waals surface area contributed by atoms with Gasteiger partial charge < -0.3 is 5.32 Å². The second kappa shape index (κ2) is 7.24. The Balaban J connectivity index is 2.07. The van der Waals surface area contributed by atoms with Crippen molar-refractivity contribution >= 4 is 0 Å². The quantitative estimate of drug-likeness (QED) is 0.697. The van der Waals surface area contributed by atoms with E-state index in [9.17, 15) is 0 Å². The molecular formula is C13H28N2.